The molecular formula is C68H78N14O10. The van der Waals surface area contributed by atoms with Crippen LogP contribution in [0.25, 0.3) is 32.9 Å². The summed E-state index contributed by atoms with van der Waals surface area (Å²) >= 11 is 0. The maximum Gasteiger partial charge on any atom is 0.328 e. The summed E-state index contributed by atoms with van der Waals surface area (Å²) in [5.41, 5.74) is 10.0. The lowest BCUT2D eigenvalue weighted by atomic mass is 9.87. The van der Waals surface area contributed by atoms with E-state index in [0.717, 1.165) is 84.8 Å². The number of hydrogen-bond acceptors (Lipinski definition) is 16. The molecular weight excluding hydrogens is 1170 g/mol. The number of aromatic amines is 1. The van der Waals surface area contributed by atoms with E-state index in [0.29, 0.717) is 65.2 Å². The molecule has 7 aromatic rings. The summed E-state index contributed by atoms with van der Waals surface area (Å²) in [6.45, 7) is 4.81. The van der Waals surface area contributed by atoms with Gasteiger partial charge in [0.05, 0.1) is 62.9 Å². The molecule has 1 saturated carbocycles. The van der Waals surface area contributed by atoms with Gasteiger partial charge in [0.2, 0.25) is 35.5 Å². The number of hydrogen-bond donors (Lipinski definition) is 8. The van der Waals surface area contributed by atoms with Crippen LogP contribution in [0.4, 0.5) is 16.4 Å². The predicted octanol–water partition coefficient (Wildman–Crippen LogP) is 3.83. The number of benzene rings is 4. The lowest BCUT2D eigenvalue weighted by Gasteiger charge is -2.45. The Balaban J connectivity index is 0.797. The van der Waals surface area contributed by atoms with Crippen molar-refractivity contribution < 1.29 is 43.0 Å². The molecule has 0 unspecified atom stereocenters. The minimum Gasteiger partial charge on any atom is -0.495 e. The van der Waals surface area contributed by atoms with Gasteiger partial charge in [0.25, 0.3) is 5.56 Å². The Morgan fingerprint density at radius 1 is 0.826 bits per heavy atom. The molecule has 3 aromatic heterocycles. The van der Waals surface area contributed by atoms with Crippen molar-refractivity contribution in [2.45, 2.75) is 87.6 Å². The van der Waals surface area contributed by atoms with Crippen LogP contribution in [0.2, 0.25) is 0 Å². The molecule has 92 heavy (non-hydrogen) atoms. The molecule has 7 amide bonds. The molecule has 24 nitrogen and oxygen atoms in total. The van der Waals surface area contributed by atoms with E-state index in [1.165, 1.54) is 4.90 Å². The van der Waals surface area contributed by atoms with Crippen LogP contribution in [-0.2, 0) is 52.5 Å². The molecule has 9 N–H and O–H groups in total. The zero-order chi connectivity index (χ0) is 64.4. The Labute approximate surface area is 532 Å². The Morgan fingerprint density at radius 2 is 1.58 bits per heavy atom. The SMILES string of the molecule is COc1ccc(C#CCNC2(C)CCN(C3CCN(c4nc([C@@](COCNC(=O)CNC(=O)[C@H](Cc5ccccc5)NC(=O)CNC(=O)CN)(OC5CC5)c5ccccc5)c5cc(-c6cn(C)c(=O)c7[nH]ccc67)ccc5n4)CC3)CC2)cc1N1CCC(=O)NC1=O. The van der Waals surface area contributed by atoms with Crippen molar-refractivity contribution in [3.8, 4) is 28.7 Å². The number of nitrogens with two attached hydrogens (primary N) is 1. The second-order valence-electron chi connectivity index (χ2n) is 24.1. The number of carbonyl (C=O) groups excluding carboxylic acids is 6. The second-order valence-corrected chi connectivity index (χ2v) is 24.1. The number of fused-ring (bicyclic) bond motifs is 2. The number of methoxy groups -OCH3 is 1. The zero-order valence-corrected chi connectivity index (χ0v) is 52.0. The monoisotopic (exact) mass is 1250 g/mol. The van der Waals surface area contributed by atoms with E-state index in [4.69, 9.17) is 29.9 Å². The number of pyridine rings is 1. The van der Waals surface area contributed by atoms with Crippen LogP contribution >= 0.6 is 0 Å². The van der Waals surface area contributed by atoms with Gasteiger partial charge < -0.3 is 65.9 Å². The van der Waals surface area contributed by atoms with Crippen molar-refractivity contribution in [1.29, 1.82) is 0 Å². The summed E-state index contributed by atoms with van der Waals surface area (Å²) in [4.78, 5) is 110. The van der Waals surface area contributed by atoms with Gasteiger partial charge in [-0.05, 0) is 98.5 Å². The second kappa shape index (κ2) is 28.8. The third-order valence-corrected chi connectivity index (χ3v) is 17.6. The number of nitrogens with one attached hydrogen (secondary N) is 7. The van der Waals surface area contributed by atoms with Gasteiger partial charge in [0.15, 0.2) is 5.60 Å². The van der Waals surface area contributed by atoms with Crippen LogP contribution in [0, 0.1) is 11.8 Å². The first kappa shape index (κ1) is 64.0. The summed E-state index contributed by atoms with van der Waals surface area (Å²) < 4.78 is 20.9. The lowest BCUT2D eigenvalue weighted by Crippen LogP contribution is -2.55. The maximum atomic E-state index is 13.6. The number of H-pyrrole nitrogens is 1. The number of carbonyl (C=O) groups is 6. The number of anilines is 2. The van der Waals surface area contributed by atoms with Crippen molar-refractivity contribution in [1.82, 2.24) is 56.3 Å². The molecule has 1 aliphatic carbocycles. The minimum atomic E-state index is -1.34. The van der Waals surface area contributed by atoms with Gasteiger partial charge >= 0.3 is 6.03 Å². The first-order valence-corrected chi connectivity index (χ1v) is 31.3. The third kappa shape index (κ3) is 15.1. The average Bonchev–Trinajstić information content (AvgIpc) is 1.39. The number of likely N-dealkylation sites (tertiary alicyclic amines) is 1. The minimum absolute atomic E-state index is 0.0877. The number of aromatic nitrogens is 4. The van der Waals surface area contributed by atoms with Crippen LogP contribution in [0.1, 0.15) is 74.3 Å². The molecule has 0 radical (unpaired) electrons. The fourth-order valence-electron chi connectivity index (χ4n) is 12.3. The molecule has 0 spiro atoms. The summed E-state index contributed by atoms with van der Waals surface area (Å²) in [7, 11) is 3.28. The molecule has 2 atom stereocenters. The fourth-order valence-corrected chi connectivity index (χ4v) is 12.3. The Morgan fingerprint density at radius 3 is 2.30 bits per heavy atom. The quantitative estimate of drug-likeness (QED) is 0.0242. The van der Waals surface area contributed by atoms with Gasteiger partial charge in [-0.25, -0.2) is 14.8 Å². The lowest BCUT2D eigenvalue weighted by molar-refractivity contribution is -0.131. The summed E-state index contributed by atoms with van der Waals surface area (Å²) in [6.07, 6.45) is 9.11. The number of aryl methyl sites for hydroxylation is 1. The standard InChI is InChI=1S/C68H78N14O10/c1-67(74-28-10-13-45-16-21-56(90-3)55(36-45)82-32-25-57(83)77-66(82)89)26-33-80(34-27-67)48-23-30-81(31-24-48)65-76-53-20-17-46(52-41-79(2)64(88)61-50(52)22-29-70-61)37-51(53)62(78-65)68(92-49-18-19-49,47-14-8-5-9-15-47)42-91-43-73-59(85)39-72-63(87)54(35-44-11-6-4-7-12-44)75-60(86)40-71-58(84)38-69/h4-9,11-12,14-17,20-22,29,36-37,41,48-49,54,70,74H,18-19,23-28,30-35,38-40,42-43,69H2,1-3H3,(H,71,84)(H,72,87)(H,73,85)(H,75,86)(H,77,83,89)/t54-,68-/m0/s1. The van der Waals surface area contributed by atoms with Crippen molar-refractivity contribution in [3.63, 3.8) is 0 Å². The summed E-state index contributed by atoms with van der Waals surface area (Å²) in [5.74, 6) is 5.02. The van der Waals surface area contributed by atoms with E-state index < -0.39 is 47.8 Å². The number of amides is 7. The molecule has 3 saturated heterocycles. The van der Waals surface area contributed by atoms with E-state index in [1.807, 2.05) is 97.2 Å². The van der Waals surface area contributed by atoms with E-state index in [1.54, 1.807) is 31.0 Å². The van der Waals surface area contributed by atoms with Crippen molar-refractivity contribution in [2.75, 3.05) is 89.2 Å². The zero-order valence-electron chi connectivity index (χ0n) is 52.0. The fraction of sp³-hybridized carbons (Fsp3) is 0.397. The first-order valence-electron chi connectivity index (χ1n) is 31.3. The van der Waals surface area contributed by atoms with Gasteiger partial charge in [0.1, 0.15) is 24.0 Å². The normalized spacial score (nSPS) is 17.0. The van der Waals surface area contributed by atoms with E-state index in [-0.39, 0.29) is 68.9 Å². The van der Waals surface area contributed by atoms with E-state index >= 15 is 0 Å². The predicted molar refractivity (Wildman–Crippen MR) is 347 cm³/mol. The highest BCUT2D eigenvalue weighted by Gasteiger charge is 2.45. The van der Waals surface area contributed by atoms with E-state index in [2.05, 4.69) is 71.5 Å². The number of urea groups is 1. The molecule has 480 valence electrons. The number of imide groups is 1. The number of ether oxygens (including phenoxy) is 3. The molecule has 0 bridgehead atoms. The summed E-state index contributed by atoms with van der Waals surface area (Å²) in [5, 5.41) is 18.1. The first-order chi connectivity index (χ1) is 44.6. The van der Waals surface area contributed by atoms with Crippen LogP contribution in [0.3, 0.4) is 0 Å². The highest BCUT2D eigenvalue weighted by atomic mass is 16.6. The molecule has 4 aliphatic rings. The van der Waals surface area contributed by atoms with Crippen LogP contribution < -0.4 is 57.7 Å². The molecule has 4 fully saturated rings. The van der Waals surface area contributed by atoms with Gasteiger partial charge in [-0.1, -0.05) is 78.6 Å². The molecule has 24 heteroatoms. The van der Waals surface area contributed by atoms with E-state index in [9.17, 15) is 33.6 Å². The maximum absolute atomic E-state index is 13.6. The number of nitrogens with zero attached hydrogens (tertiary/aromatic N) is 6. The molecule has 3 aliphatic heterocycles. The Kier molecular flexibility index (Phi) is 20.0. The van der Waals surface area contributed by atoms with Crippen molar-refractivity contribution in [3.05, 3.63) is 148 Å². The molecule has 11 rings (SSSR count). The van der Waals surface area contributed by atoms with Crippen LogP contribution in [0.15, 0.2) is 120 Å². The van der Waals surface area contributed by atoms with Gasteiger partial charge in [-0.2, -0.15) is 0 Å². The van der Waals surface area contributed by atoms with Crippen LogP contribution in [0.5, 0.6) is 5.75 Å². The highest BCUT2D eigenvalue weighted by Crippen LogP contribution is 2.44. The molecule has 6 heterocycles. The Hall–Kier alpha value is -9.51. The van der Waals surface area contributed by atoms with Gasteiger partial charge in [0, 0.05) is 98.5 Å². The van der Waals surface area contributed by atoms with Crippen molar-refractivity contribution >= 4 is 69.0 Å². The van der Waals surface area contributed by atoms with Gasteiger partial charge in [-0.15, -0.1) is 0 Å². The summed E-state index contributed by atoms with van der Waals surface area (Å²) in [6, 6.07) is 31.2. The largest absolute Gasteiger partial charge is 0.495 e. The van der Waals surface area contributed by atoms with Crippen molar-refractivity contribution in [2.24, 2.45) is 12.8 Å². The number of piperidine rings is 2. The Bertz CT molecular complexity index is 3980. The third-order valence-electron chi connectivity index (χ3n) is 17.6. The topological polar surface area (TPSA) is 302 Å². The molecule has 4 aromatic carbocycles. The van der Waals surface area contributed by atoms with Crippen LogP contribution in [-0.4, -0.2) is 163 Å². The average molecular weight is 1250 g/mol. The number of rotatable bonds is 24. The smallest absolute Gasteiger partial charge is 0.328 e. The highest BCUT2D eigenvalue weighted by molar-refractivity contribution is 6.06. The van der Waals surface area contributed by atoms with Gasteiger partial charge in [-0.3, -0.25) is 39.0 Å².